The van der Waals surface area contributed by atoms with Crippen molar-refractivity contribution in [3.8, 4) is 0 Å². The normalized spacial score (nSPS) is 10.0. The van der Waals surface area contributed by atoms with E-state index < -0.39 is 17.7 Å². The summed E-state index contributed by atoms with van der Waals surface area (Å²) in [6.07, 6.45) is 2.55. The molecule has 9 nitrogen and oxygen atoms in total. The molecule has 0 radical (unpaired) electrons. The molecule has 9 heteroatoms. The number of amides is 3. The van der Waals surface area contributed by atoms with Crippen molar-refractivity contribution in [1.29, 1.82) is 0 Å². The number of nitrogens with one attached hydrogen (secondary N) is 3. The average molecular weight is 260 g/mol. The van der Waals surface area contributed by atoms with Crippen LogP contribution in [0.5, 0.6) is 0 Å². The van der Waals surface area contributed by atoms with Crippen LogP contribution in [0.4, 0.5) is 0 Å². The molecule has 0 spiro atoms. The largest absolute Gasteiger partial charge is 0.294 e. The van der Waals surface area contributed by atoms with E-state index >= 15 is 0 Å². The minimum absolute atomic E-state index is 0.244. The summed E-state index contributed by atoms with van der Waals surface area (Å²) < 4.78 is 0. The first-order valence-electron chi connectivity index (χ1n) is 5.57. The van der Waals surface area contributed by atoms with Gasteiger partial charge in [0.05, 0.1) is 0 Å². The van der Waals surface area contributed by atoms with Crippen molar-refractivity contribution in [2.45, 2.75) is 32.1 Å². The SMILES string of the molecule is NNC(=O)CCCCCC(C(=O)NN)C(=O)NN. The summed E-state index contributed by atoms with van der Waals surface area (Å²) in [6, 6.07) is 0. The number of hydrazine groups is 3. The van der Waals surface area contributed by atoms with Crippen molar-refractivity contribution < 1.29 is 14.4 Å². The van der Waals surface area contributed by atoms with E-state index in [1.54, 1.807) is 0 Å². The van der Waals surface area contributed by atoms with Crippen LogP contribution in [0, 0.1) is 5.92 Å². The van der Waals surface area contributed by atoms with Crippen LogP contribution < -0.4 is 33.8 Å². The monoisotopic (exact) mass is 260 g/mol. The third-order valence-corrected chi connectivity index (χ3v) is 2.48. The molecule has 0 aromatic rings. The molecule has 0 fully saturated rings. The highest BCUT2D eigenvalue weighted by atomic mass is 16.2. The fraction of sp³-hybridized carbons (Fsp3) is 0.667. The molecule has 0 aromatic carbocycles. The fourth-order valence-electron chi connectivity index (χ4n) is 1.47. The van der Waals surface area contributed by atoms with Gasteiger partial charge in [0.1, 0.15) is 5.92 Å². The van der Waals surface area contributed by atoms with Crippen molar-refractivity contribution in [2.24, 2.45) is 23.4 Å². The van der Waals surface area contributed by atoms with Crippen molar-refractivity contribution >= 4 is 17.7 Å². The molecule has 9 N–H and O–H groups in total. The fourth-order valence-corrected chi connectivity index (χ4v) is 1.47. The van der Waals surface area contributed by atoms with Crippen LogP contribution in [-0.4, -0.2) is 17.7 Å². The minimum Gasteiger partial charge on any atom is -0.294 e. The van der Waals surface area contributed by atoms with Gasteiger partial charge in [-0.3, -0.25) is 30.7 Å². The first kappa shape index (κ1) is 16.3. The van der Waals surface area contributed by atoms with Gasteiger partial charge in [-0.05, 0) is 12.8 Å². The van der Waals surface area contributed by atoms with E-state index in [0.29, 0.717) is 32.1 Å². The quantitative estimate of drug-likeness (QED) is 0.0929. The smallest absolute Gasteiger partial charge is 0.246 e. The maximum absolute atomic E-state index is 11.3. The van der Waals surface area contributed by atoms with Gasteiger partial charge in [-0.15, -0.1) is 0 Å². The van der Waals surface area contributed by atoms with E-state index in [1.807, 2.05) is 16.3 Å². The number of unbranched alkanes of at least 4 members (excludes halogenated alkanes) is 2. The number of nitrogens with two attached hydrogens (primary N) is 3. The summed E-state index contributed by atoms with van der Waals surface area (Å²) in [5.74, 6) is 12.5. The lowest BCUT2D eigenvalue weighted by molar-refractivity contribution is -0.135. The van der Waals surface area contributed by atoms with E-state index in [2.05, 4.69) is 0 Å². The molecule has 18 heavy (non-hydrogen) atoms. The molecule has 0 bridgehead atoms. The minimum atomic E-state index is -0.914. The van der Waals surface area contributed by atoms with E-state index in [-0.39, 0.29) is 5.91 Å². The Balaban J connectivity index is 3.94. The Bertz CT molecular complexity index is 280. The molecular formula is C9H20N6O3. The standard InChI is InChI=1S/C9H20N6O3/c10-13-7(16)5-3-1-2-4-6(8(17)14-11)9(18)15-12/h6H,1-5,10-12H2,(H,13,16)(H,14,17)(H,15,18). The second kappa shape index (κ2) is 9.33. The number of hydrogen-bond donors (Lipinski definition) is 6. The molecule has 0 heterocycles. The molecule has 0 rings (SSSR count). The number of carbonyl (C=O) groups excluding carboxylic acids is 3. The summed E-state index contributed by atoms with van der Waals surface area (Å²) in [5, 5.41) is 0. The van der Waals surface area contributed by atoms with Gasteiger partial charge in [-0.2, -0.15) is 0 Å². The van der Waals surface area contributed by atoms with Gasteiger partial charge in [0.2, 0.25) is 17.7 Å². The van der Waals surface area contributed by atoms with Crippen molar-refractivity contribution in [3.05, 3.63) is 0 Å². The van der Waals surface area contributed by atoms with Gasteiger partial charge < -0.3 is 0 Å². The maximum Gasteiger partial charge on any atom is 0.246 e. The highest BCUT2D eigenvalue weighted by molar-refractivity contribution is 5.99. The van der Waals surface area contributed by atoms with Crippen LogP contribution in [-0.2, 0) is 14.4 Å². The van der Waals surface area contributed by atoms with Crippen molar-refractivity contribution in [3.63, 3.8) is 0 Å². The molecule has 0 saturated heterocycles. The van der Waals surface area contributed by atoms with E-state index in [1.165, 1.54) is 0 Å². The summed E-state index contributed by atoms with van der Waals surface area (Å²) >= 11 is 0. The predicted molar refractivity (Wildman–Crippen MR) is 63.6 cm³/mol. The summed E-state index contributed by atoms with van der Waals surface area (Å²) in [7, 11) is 0. The first-order valence-corrected chi connectivity index (χ1v) is 5.57. The lowest BCUT2D eigenvalue weighted by Crippen LogP contribution is -2.45. The van der Waals surface area contributed by atoms with E-state index in [0.717, 1.165) is 0 Å². The Kier molecular flexibility index (Phi) is 8.45. The third-order valence-electron chi connectivity index (χ3n) is 2.48. The zero-order chi connectivity index (χ0) is 14.0. The molecule has 0 atom stereocenters. The second-order valence-corrected chi connectivity index (χ2v) is 3.74. The highest BCUT2D eigenvalue weighted by Crippen LogP contribution is 2.11. The molecule has 104 valence electrons. The molecule has 0 aromatic heterocycles. The maximum atomic E-state index is 11.3. The summed E-state index contributed by atoms with van der Waals surface area (Å²) in [6.45, 7) is 0. The zero-order valence-electron chi connectivity index (χ0n) is 10.1. The Morgan fingerprint density at radius 1 is 0.833 bits per heavy atom. The Hall–Kier alpha value is -1.71. The van der Waals surface area contributed by atoms with Crippen molar-refractivity contribution in [1.82, 2.24) is 16.3 Å². The topological polar surface area (TPSA) is 165 Å². The van der Waals surface area contributed by atoms with Crippen LogP contribution in [0.25, 0.3) is 0 Å². The number of hydrogen-bond acceptors (Lipinski definition) is 6. The van der Waals surface area contributed by atoms with Crippen molar-refractivity contribution in [2.75, 3.05) is 0 Å². The lowest BCUT2D eigenvalue weighted by atomic mass is 9.99. The third kappa shape index (κ3) is 6.13. The Morgan fingerprint density at radius 2 is 1.39 bits per heavy atom. The summed E-state index contributed by atoms with van der Waals surface area (Å²) in [4.78, 5) is 33.4. The number of carbonyl (C=O) groups is 3. The van der Waals surface area contributed by atoms with Gasteiger partial charge in [0, 0.05) is 6.42 Å². The van der Waals surface area contributed by atoms with Gasteiger partial charge in [-0.1, -0.05) is 12.8 Å². The molecule has 0 unspecified atom stereocenters. The van der Waals surface area contributed by atoms with Gasteiger partial charge >= 0.3 is 0 Å². The van der Waals surface area contributed by atoms with Gasteiger partial charge in [0.25, 0.3) is 0 Å². The van der Waals surface area contributed by atoms with Crippen LogP contribution in [0.3, 0.4) is 0 Å². The predicted octanol–water partition coefficient (Wildman–Crippen LogP) is -2.48. The van der Waals surface area contributed by atoms with Crippen LogP contribution in [0.1, 0.15) is 32.1 Å². The van der Waals surface area contributed by atoms with Crippen LogP contribution in [0.15, 0.2) is 0 Å². The zero-order valence-corrected chi connectivity index (χ0v) is 10.1. The Morgan fingerprint density at radius 3 is 1.83 bits per heavy atom. The molecule has 0 aliphatic rings. The lowest BCUT2D eigenvalue weighted by Gasteiger charge is -2.13. The molecule has 0 aliphatic heterocycles. The van der Waals surface area contributed by atoms with E-state index in [4.69, 9.17) is 17.5 Å². The summed E-state index contributed by atoms with van der Waals surface area (Å²) in [5.41, 5.74) is 5.84. The van der Waals surface area contributed by atoms with Gasteiger partial charge in [-0.25, -0.2) is 17.5 Å². The number of rotatable bonds is 8. The molecule has 0 aliphatic carbocycles. The Labute approximate surface area is 105 Å². The second-order valence-electron chi connectivity index (χ2n) is 3.74. The molecule has 0 saturated carbocycles. The average Bonchev–Trinajstić information content (AvgIpc) is 2.40. The molecule has 3 amide bonds. The van der Waals surface area contributed by atoms with E-state index in [9.17, 15) is 14.4 Å². The van der Waals surface area contributed by atoms with Gasteiger partial charge in [0.15, 0.2) is 0 Å². The van der Waals surface area contributed by atoms with Crippen LogP contribution in [0.2, 0.25) is 0 Å². The first-order chi connectivity index (χ1) is 8.56. The van der Waals surface area contributed by atoms with Crippen LogP contribution >= 0.6 is 0 Å². The molecular weight excluding hydrogens is 240 g/mol. The highest BCUT2D eigenvalue weighted by Gasteiger charge is 2.24.